The second-order valence-electron chi connectivity index (χ2n) is 4.61. The van der Waals surface area contributed by atoms with Crippen molar-refractivity contribution < 1.29 is 13.2 Å². The Balaban J connectivity index is 1.98. The number of rotatable bonds is 3. The van der Waals surface area contributed by atoms with Crippen LogP contribution < -0.4 is 5.32 Å². The highest BCUT2D eigenvalue weighted by Crippen LogP contribution is 2.25. The molecular weight excluding hydrogens is 327 g/mol. The fourth-order valence-electron chi connectivity index (χ4n) is 1.96. The van der Waals surface area contributed by atoms with E-state index in [1.54, 1.807) is 12.1 Å². The topological polar surface area (TPSA) is 37.8 Å². The highest BCUT2D eigenvalue weighted by molar-refractivity contribution is 6.29. The lowest BCUT2D eigenvalue weighted by Gasteiger charge is -2.09. The number of hydrogen-bond donors (Lipinski definition) is 1. The van der Waals surface area contributed by atoms with E-state index in [1.165, 1.54) is 6.07 Å². The molecule has 0 amide bonds. The number of anilines is 2. The van der Waals surface area contributed by atoms with Gasteiger partial charge in [0.05, 0.1) is 5.69 Å². The fraction of sp³-hybridized carbons (Fsp3) is 0. The molecule has 0 saturated heterocycles. The smallest absolute Gasteiger partial charge is 0.196 e. The predicted octanol–water partition coefficient (Wildman–Crippen LogP) is 4.96. The molecule has 0 atom stereocenters. The van der Waals surface area contributed by atoms with Crippen molar-refractivity contribution in [2.45, 2.75) is 0 Å². The van der Waals surface area contributed by atoms with Crippen molar-refractivity contribution in [1.82, 2.24) is 9.97 Å². The van der Waals surface area contributed by atoms with Gasteiger partial charge in [-0.2, -0.15) is 0 Å². The molecule has 3 aromatic rings. The van der Waals surface area contributed by atoms with Crippen LogP contribution in [0.1, 0.15) is 0 Å². The Morgan fingerprint density at radius 2 is 1.61 bits per heavy atom. The first kappa shape index (κ1) is 15.3. The molecule has 1 heterocycles. The number of benzene rings is 2. The van der Waals surface area contributed by atoms with E-state index >= 15 is 0 Å². The normalized spacial score (nSPS) is 10.6. The Morgan fingerprint density at radius 1 is 0.870 bits per heavy atom. The minimum atomic E-state index is -1.56. The first-order chi connectivity index (χ1) is 11.0. The van der Waals surface area contributed by atoms with Crippen molar-refractivity contribution in [3.05, 3.63) is 71.1 Å². The van der Waals surface area contributed by atoms with Gasteiger partial charge in [-0.15, -0.1) is 0 Å². The van der Waals surface area contributed by atoms with Gasteiger partial charge in [-0.05, 0) is 12.1 Å². The number of nitrogens with one attached hydrogen (secondary N) is 1. The van der Waals surface area contributed by atoms with Crippen LogP contribution in [0.4, 0.5) is 24.7 Å². The van der Waals surface area contributed by atoms with E-state index in [1.807, 2.05) is 18.2 Å². The Morgan fingerprint density at radius 3 is 2.35 bits per heavy atom. The summed E-state index contributed by atoms with van der Waals surface area (Å²) in [4.78, 5) is 8.29. The SMILES string of the molecule is Fc1ccc(Nc2cc(Cl)nc(-c3ccccc3)n2)c(F)c1F. The van der Waals surface area contributed by atoms with Gasteiger partial charge in [0, 0.05) is 11.6 Å². The maximum atomic E-state index is 13.7. The van der Waals surface area contributed by atoms with E-state index in [4.69, 9.17) is 11.6 Å². The molecule has 0 saturated carbocycles. The van der Waals surface area contributed by atoms with Gasteiger partial charge in [-0.1, -0.05) is 41.9 Å². The molecule has 0 spiro atoms. The van der Waals surface area contributed by atoms with E-state index in [2.05, 4.69) is 15.3 Å². The molecule has 3 rings (SSSR count). The Hall–Kier alpha value is -2.60. The Bertz CT molecular complexity index is 857. The maximum absolute atomic E-state index is 13.7. The van der Waals surface area contributed by atoms with Gasteiger partial charge in [0.1, 0.15) is 11.0 Å². The van der Waals surface area contributed by atoms with Crippen LogP contribution in [-0.4, -0.2) is 9.97 Å². The molecular formula is C16H9ClF3N3. The quantitative estimate of drug-likeness (QED) is 0.543. The molecule has 0 unspecified atom stereocenters. The van der Waals surface area contributed by atoms with Crippen molar-refractivity contribution in [1.29, 1.82) is 0 Å². The largest absolute Gasteiger partial charge is 0.338 e. The highest BCUT2D eigenvalue weighted by atomic mass is 35.5. The molecule has 0 aliphatic heterocycles. The second-order valence-corrected chi connectivity index (χ2v) is 5.00. The summed E-state index contributed by atoms with van der Waals surface area (Å²) in [7, 11) is 0. The van der Waals surface area contributed by atoms with Crippen LogP contribution in [0.5, 0.6) is 0 Å². The van der Waals surface area contributed by atoms with E-state index in [-0.39, 0.29) is 16.7 Å². The van der Waals surface area contributed by atoms with E-state index in [0.29, 0.717) is 11.4 Å². The number of nitrogens with zero attached hydrogens (tertiary/aromatic N) is 2. The molecule has 0 aliphatic carbocycles. The van der Waals surface area contributed by atoms with Gasteiger partial charge in [-0.25, -0.2) is 23.1 Å². The molecule has 23 heavy (non-hydrogen) atoms. The number of hydrogen-bond acceptors (Lipinski definition) is 3. The molecule has 0 aliphatic rings. The first-order valence-electron chi connectivity index (χ1n) is 6.55. The zero-order valence-electron chi connectivity index (χ0n) is 11.5. The average molecular weight is 336 g/mol. The van der Waals surface area contributed by atoms with Gasteiger partial charge < -0.3 is 5.32 Å². The standard InChI is InChI=1S/C16H9ClF3N3/c17-12-8-13(21-11-7-6-10(18)14(19)15(11)20)23-16(22-12)9-4-2-1-3-5-9/h1-8H,(H,21,22,23). The average Bonchev–Trinajstić information content (AvgIpc) is 2.56. The lowest BCUT2D eigenvalue weighted by Crippen LogP contribution is -2.02. The third kappa shape index (κ3) is 3.27. The highest BCUT2D eigenvalue weighted by Gasteiger charge is 2.14. The third-order valence-electron chi connectivity index (χ3n) is 3.02. The number of halogens is 4. The fourth-order valence-corrected chi connectivity index (χ4v) is 2.14. The molecule has 3 nitrogen and oxygen atoms in total. The minimum Gasteiger partial charge on any atom is -0.338 e. The molecule has 1 N–H and O–H groups in total. The maximum Gasteiger partial charge on any atom is 0.196 e. The van der Waals surface area contributed by atoms with Crippen molar-refractivity contribution in [3.63, 3.8) is 0 Å². The molecule has 116 valence electrons. The zero-order chi connectivity index (χ0) is 16.4. The Labute approximate surface area is 134 Å². The van der Waals surface area contributed by atoms with Crippen LogP contribution in [0.2, 0.25) is 5.15 Å². The summed E-state index contributed by atoms with van der Waals surface area (Å²) in [6, 6.07) is 12.3. The van der Waals surface area contributed by atoms with Gasteiger partial charge in [0.2, 0.25) is 0 Å². The minimum absolute atomic E-state index is 0.129. The summed E-state index contributed by atoms with van der Waals surface area (Å²) in [6.07, 6.45) is 0. The summed E-state index contributed by atoms with van der Waals surface area (Å²) in [5.74, 6) is -3.67. The summed E-state index contributed by atoms with van der Waals surface area (Å²) < 4.78 is 39.9. The van der Waals surface area contributed by atoms with E-state index in [0.717, 1.165) is 12.1 Å². The number of aromatic nitrogens is 2. The van der Waals surface area contributed by atoms with Crippen molar-refractivity contribution in [2.75, 3.05) is 5.32 Å². The Kier molecular flexibility index (Phi) is 4.16. The van der Waals surface area contributed by atoms with Gasteiger partial charge in [0.15, 0.2) is 23.3 Å². The zero-order valence-corrected chi connectivity index (χ0v) is 12.3. The van der Waals surface area contributed by atoms with Crippen molar-refractivity contribution in [3.8, 4) is 11.4 Å². The van der Waals surface area contributed by atoms with Gasteiger partial charge in [-0.3, -0.25) is 0 Å². The lowest BCUT2D eigenvalue weighted by atomic mass is 10.2. The molecule has 7 heteroatoms. The molecule has 0 bridgehead atoms. The van der Waals surface area contributed by atoms with Gasteiger partial charge >= 0.3 is 0 Å². The van der Waals surface area contributed by atoms with Crippen LogP contribution in [0.15, 0.2) is 48.5 Å². The van der Waals surface area contributed by atoms with Crippen LogP contribution in [0.3, 0.4) is 0 Å². The first-order valence-corrected chi connectivity index (χ1v) is 6.93. The molecule has 2 aromatic carbocycles. The summed E-state index contributed by atoms with van der Waals surface area (Å²) in [6.45, 7) is 0. The summed E-state index contributed by atoms with van der Waals surface area (Å²) in [5, 5.41) is 2.70. The predicted molar refractivity (Wildman–Crippen MR) is 82.1 cm³/mol. The summed E-state index contributed by atoms with van der Waals surface area (Å²) >= 11 is 5.94. The van der Waals surface area contributed by atoms with Crippen molar-refractivity contribution >= 4 is 23.1 Å². The van der Waals surface area contributed by atoms with E-state index in [9.17, 15) is 13.2 Å². The third-order valence-corrected chi connectivity index (χ3v) is 3.22. The van der Waals surface area contributed by atoms with Crippen LogP contribution in [0.25, 0.3) is 11.4 Å². The van der Waals surface area contributed by atoms with Gasteiger partial charge in [0.25, 0.3) is 0 Å². The molecule has 0 radical (unpaired) electrons. The van der Waals surface area contributed by atoms with Crippen molar-refractivity contribution in [2.24, 2.45) is 0 Å². The lowest BCUT2D eigenvalue weighted by molar-refractivity contribution is 0.449. The molecule has 1 aromatic heterocycles. The van der Waals surface area contributed by atoms with E-state index < -0.39 is 17.5 Å². The van der Waals surface area contributed by atoms with Crippen LogP contribution >= 0.6 is 11.6 Å². The van der Waals surface area contributed by atoms with Crippen LogP contribution in [-0.2, 0) is 0 Å². The second kappa shape index (κ2) is 6.26. The van der Waals surface area contributed by atoms with Crippen LogP contribution in [0, 0.1) is 17.5 Å². The monoisotopic (exact) mass is 335 g/mol. The summed E-state index contributed by atoms with van der Waals surface area (Å²) in [5.41, 5.74) is 0.460. The molecule has 0 fully saturated rings.